The van der Waals surface area contributed by atoms with Crippen LogP contribution < -0.4 is 10.5 Å². The number of hydrogen-bond donors (Lipinski definition) is 1. The van der Waals surface area contributed by atoms with Gasteiger partial charge in [0.25, 0.3) is 5.88 Å². The van der Waals surface area contributed by atoms with E-state index in [0.717, 1.165) is 0 Å². The Labute approximate surface area is 81.5 Å². The Kier molecular flexibility index (Phi) is 3.28. The summed E-state index contributed by atoms with van der Waals surface area (Å²) in [6, 6.07) is 1.66. The summed E-state index contributed by atoms with van der Waals surface area (Å²) in [4.78, 5) is 10.5. The highest BCUT2D eigenvalue weighted by Gasteiger charge is 2.09. The molecular weight excluding hydrogens is 184 g/mol. The molecule has 0 aliphatic rings. The van der Waals surface area contributed by atoms with Gasteiger partial charge in [-0.1, -0.05) is 13.0 Å². The zero-order chi connectivity index (χ0) is 10.6. The molecule has 1 rings (SSSR count). The number of allylic oxidation sites excluding steroid dienone is 1. The normalized spacial score (nSPS) is 13.0. The van der Waals surface area contributed by atoms with Crippen molar-refractivity contribution in [3.63, 3.8) is 0 Å². The molecule has 0 aromatic carbocycles. The van der Waals surface area contributed by atoms with Gasteiger partial charge >= 0.3 is 0 Å². The maximum atomic E-state index is 10.5. The van der Waals surface area contributed by atoms with Crippen LogP contribution in [0.3, 0.4) is 0 Å². The van der Waals surface area contributed by atoms with Crippen LogP contribution in [0, 0.1) is 0 Å². The summed E-state index contributed by atoms with van der Waals surface area (Å²) in [6.07, 6.45) is 2.93. The second kappa shape index (κ2) is 4.45. The smallest absolute Gasteiger partial charge is 0.254 e. The van der Waals surface area contributed by atoms with Crippen LogP contribution in [0.2, 0.25) is 0 Å². The molecule has 1 amide bonds. The molecule has 1 unspecified atom stereocenters. The van der Waals surface area contributed by atoms with Crippen molar-refractivity contribution >= 4 is 5.91 Å². The third-order valence-corrected chi connectivity index (χ3v) is 1.71. The van der Waals surface area contributed by atoms with Gasteiger partial charge in [-0.3, -0.25) is 4.79 Å². The predicted octanol–water partition coefficient (Wildman–Crippen LogP) is 0.828. The van der Waals surface area contributed by atoms with Crippen LogP contribution in [0.15, 0.2) is 22.7 Å². The summed E-state index contributed by atoms with van der Waals surface area (Å²) >= 11 is 0. The molecule has 0 saturated carbocycles. The first-order valence-electron chi connectivity index (χ1n) is 4.11. The van der Waals surface area contributed by atoms with Crippen molar-refractivity contribution in [2.24, 2.45) is 5.73 Å². The number of primary amides is 1. The number of amides is 1. The van der Waals surface area contributed by atoms with Gasteiger partial charge in [-0.25, -0.2) is 0 Å². The monoisotopic (exact) mass is 196 g/mol. The summed E-state index contributed by atoms with van der Waals surface area (Å²) in [6.45, 7) is 1.86. The fraction of sp³-hybridized carbons (Fsp3) is 0.333. The Morgan fingerprint density at radius 1 is 1.79 bits per heavy atom. The first-order chi connectivity index (χ1) is 6.63. The molecule has 1 aromatic heterocycles. The third-order valence-electron chi connectivity index (χ3n) is 1.71. The summed E-state index contributed by atoms with van der Waals surface area (Å²) in [5, 5.41) is 3.64. The number of carbonyl (C=O) groups excluding carboxylic acids is 1. The first kappa shape index (κ1) is 10.3. The standard InChI is InChI=1S/C9H12N2O3/c1-6(3-4-8(10)12)7-5-9(13-2)11-14-7/h3-6H,1-2H3,(H2,10,12). The minimum Gasteiger partial charge on any atom is -0.479 e. The van der Waals surface area contributed by atoms with E-state index in [2.05, 4.69) is 5.16 Å². The summed E-state index contributed by atoms with van der Waals surface area (Å²) in [7, 11) is 1.51. The highest BCUT2D eigenvalue weighted by atomic mass is 16.5. The Morgan fingerprint density at radius 2 is 2.50 bits per heavy atom. The number of methoxy groups -OCH3 is 1. The van der Waals surface area contributed by atoms with Crippen molar-refractivity contribution in [1.29, 1.82) is 0 Å². The van der Waals surface area contributed by atoms with Gasteiger partial charge < -0.3 is 15.0 Å². The lowest BCUT2D eigenvalue weighted by molar-refractivity contribution is -0.113. The van der Waals surface area contributed by atoms with E-state index in [1.807, 2.05) is 6.92 Å². The molecule has 1 heterocycles. The highest BCUT2D eigenvalue weighted by Crippen LogP contribution is 2.20. The van der Waals surface area contributed by atoms with Crippen LogP contribution in [-0.2, 0) is 4.79 Å². The zero-order valence-corrected chi connectivity index (χ0v) is 8.06. The molecule has 76 valence electrons. The molecular formula is C9H12N2O3. The second-order valence-corrected chi connectivity index (χ2v) is 2.82. The highest BCUT2D eigenvalue weighted by molar-refractivity contribution is 5.85. The number of carbonyl (C=O) groups is 1. The molecule has 0 bridgehead atoms. The molecule has 5 heteroatoms. The third kappa shape index (κ3) is 2.62. The van der Waals surface area contributed by atoms with Gasteiger partial charge in [-0.05, 0) is 11.2 Å². The van der Waals surface area contributed by atoms with Crippen molar-refractivity contribution < 1.29 is 14.1 Å². The molecule has 1 aromatic rings. The lowest BCUT2D eigenvalue weighted by atomic mass is 10.1. The topological polar surface area (TPSA) is 78.4 Å². The fourth-order valence-electron chi connectivity index (χ4n) is 0.917. The van der Waals surface area contributed by atoms with Crippen molar-refractivity contribution in [3.05, 3.63) is 24.0 Å². The zero-order valence-electron chi connectivity index (χ0n) is 8.06. The molecule has 14 heavy (non-hydrogen) atoms. The van der Waals surface area contributed by atoms with Gasteiger partial charge in [-0.15, -0.1) is 0 Å². The number of hydrogen-bond acceptors (Lipinski definition) is 4. The van der Waals surface area contributed by atoms with Crippen molar-refractivity contribution in [1.82, 2.24) is 5.16 Å². The van der Waals surface area contributed by atoms with Crippen molar-refractivity contribution in [2.45, 2.75) is 12.8 Å². The number of nitrogens with zero attached hydrogens (tertiary/aromatic N) is 1. The molecule has 0 saturated heterocycles. The molecule has 0 spiro atoms. The lowest BCUT2D eigenvalue weighted by Gasteiger charge is -1.97. The Bertz CT molecular complexity index is 344. The van der Waals surface area contributed by atoms with E-state index in [9.17, 15) is 4.79 Å². The number of rotatable bonds is 4. The predicted molar refractivity (Wildman–Crippen MR) is 49.8 cm³/mol. The molecule has 1 atom stereocenters. The van der Waals surface area contributed by atoms with Gasteiger partial charge in [0.05, 0.1) is 7.11 Å². The van der Waals surface area contributed by atoms with Crippen molar-refractivity contribution in [2.75, 3.05) is 7.11 Å². The quantitative estimate of drug-likeness (QED) is 0.723. The van der Waals surface area contributed by atoms with E-state index < -0.39 is 5.91 Å². The lowest BCUT2D eigenvalue weighted by Crippen LogP contribution is -2.06. The minimum absolute atomic E-state index is 0.0566. The number of aromatic nitrogens is 1. The Balaban J connectivity index is 2.69. The van der Waals surface area contributed by atoms with Crippen LogP contribution in [-0.4, -0.2) is 18.2 Å². The molecule has 5 nitrogen and oxygen atoms in total. The van der Waals surface area contributed by atoms with E-state index in [4.69, 9.17) is 15.0 Å². The van der Waals surface area contributed by atoms with Crippen LogP contribution in [0.4, 0.5) is 0 Å². The summed E-state index contributed by atoms with van der Waals surface area (Å²) in [5.74, 6) is 0.501. The van der Waals surface area contributed by atoms with Gasteiger partial charge in [-0.2, -0.15) is 0 Å². The largest absolute Gasteiger partial charge is 0.479 e. The summed E-state index contributed by atoms with van der Waals surface area (Å²) in [5.41, 5.74) is 4.95. The SMILES string of the molecule is COc1cc(C(C)C=CC(N)=O)on1. The molecule has 0 radical (unpaired) electrons. The van der Waals surface area contributed by atoms with Gasteiger partial charge in [0.2, 0.25) is 5.91 Å². The van der Waals surface area contributed by atoms with Crippen LogP contribution in [0.1, 0.15) is 18.6 Å². The van der Waals surface area contributed by atoms with Gasteiger partial charge in [0.15, 0.2) is 0 Å². The first-order valence-corrected chi connectivity index (χ1v) is 4.11. The van der Waals surface area contributed by atoms with Crippen LogP contribution in [0.5, 0.6) is 5.88 Å². The number of nitrogens with two attached hydrogens (primary N) is 1. The van der Waals surface area contributed by atoms with E-state index >= 15 is 0 Å². The average Bonchev–Trinajstić information content (AvgIpc) is 2.62. The van der Waals surface area contributed by atoms with E-state index in [0.29, 0.717) is 11.6 Å². The van der Waals surface area contributed by atoms with E-state index in [-0.39, 0.29) is 5.92 Å². The van der Waals surface area contributed by atoms with Gasteiger partial charge in [0, 0.05) is 12.0 Å². The van der Waals surface area contributed by atoms with Crippen molar-refractivity contribution in [3.8, 4) is 5.88 Å². The van der Waals surface area contributed by atoms with Gasteiger partial charge in [0.1, 0.15) is 5.76 Å². The molecule has 0 fully saturated rings. The van der Waals surface area contributed by atoms with Crippen LogP contribution >= 0.6 is 0 Å². The Morgan fingerprint density at radius 3 is 3.00 bits per heavy atom. The average molecular weight is 196 g/mol. The minimum atomic E-state index is -0.483. The van der Waals surface area contributed by atoms with E-state index in [1.165, 1.54) is 13.2 Å². The fourth-order valence-corrected chi connectivity index (χ4v) is 0.917. The molecule has 2 N–H and O–H groups in total. The second-order valence-electron chi connectivity index (χ2n) is 2.82. The summed E-state index contributed by atoms with van der Waals surface area (Å²) < 4.78 is 9.82. The Hall–Kier alpha value is -1.78. The van der Waals surface area contributed by atoms with Crippen LogP contribution in [0.25, 0.3) is 0 Å². The maximum absolute atomic E-state index is 10.5. The molecule has 0 aliphatic heterocycles. The number of ether oxygens (including phenoxy) is 1. The molecule has 0 aliphatic carbocycles. The maximum Gasteiger partial charge on any atom is 0.254 e. The van der Waals surface area contributed by atoms with E-state index in [1.54, 1.807) is 12.1 Å².